The van der Waals surface area contributed by atoms with Gasteiger partial charge in [0.15, 0.2) is 12.4 Å². The zero-order valence-electron chi connectivity index (χ0n) is 16.7. The number of methoxy groups -OCH3 is 1. The Bertz CT molecular complexity index is 940. The molecule has 152 valence electrons. The standard InChI is InChI=1S/C21H24N4O4/c1-15-5-4-6-18(13-15)28-14-20-23-19(24-29-20)11-12-25(2)21(26)22-16-7-9-17(27-3)10-8-16/h4-10,13H,11-12,14H2,1-3H3,(H,22,26). The molecule has 0 spiro atoms. The first-order valence-corrected chi connectivity index (χ1v) is 9.20. The Morgan fingerprint density at radius 3 is 2.69 bits per heavy atom. The van der Waals surface area contributed by atoms with Crippen LogP contribution in [0.25, 0.3) is 0 Å². The third-order valence-electron chi connectivity index (χ3n) is 4.22. The molecule has 2 amide bonds. The highest BCUT2D eigenvalue weighted by Crippen LogP contribution is 2.16. The molecule has 0 fully saturated rings. The lowest BCUT2D eigenvalue weighted by atomic mass is 10.2. The molecule has 0 aliphatic heterocycles. The first-order chi connectivity index (χ1) is 14.0. The lowest BCUT2D eigenvalue weighted by Crippen LogP contribution is -2.33. The van der Waals surface area contributed by atoms with Gasteiger partial charge in [-0.3, -0.25) is 0 Å². The van der Waals surface area contributed by atoms with E-state index in [-0.39, 0.29) is 12.6 Å². The van der Waals surface area contributed by atoms with Crippen LogP contribution in [0.5, 0.6) is 11.5 Å². The van der Waals surface area contributed by atoms with Crippen LogP contribution in [-0.4, -0.2) is 41.8 Å². The van der Waals surface area contributed by atoms with Crippen molar-refractivity contribution in [2.45, 2.75) is 20.0 Å². The number of hydrogen-bond donors (Lipinski definition) is 1. The van der Waals surface area contributed by atoms with Crippen molar-refractivity contribution in [2.24, 2.45) is 0 Å². The van der Waals surface area contributed by atoms with E-state index < -0.39 is 0 Å². The third kappa shape index (κ3) is 5.97. The number of aryl methyl sites for hydroxylation is 1. The third-order valence-corrected chi connectivity index (χ3v) is 4.22. The number of anilines is 1. The number of rotatable bonds is 8. The molecule has 1 N–H and O–H groups in total. The summed E-state index contributed by atoms with van der Waals surface area (Å²) in [6, 6.07) is 14.7. The van der Waals surface area contributed by atoms with E-state index in [0.29, 0.717) is 30.4 Å². The lowest BCUT2D eigenvalue weighted by molar-refractivity contribution is 0.222. The molecule has 0 unspecified atom stereocenters. The zero-order valence-corrected chi connectivity index (χ0v) is 16.7. The molecule has 1 heterocycles. The second kappa shape index (κ2) is 9.59. The summed E-state index contributed by atoms with van der Waals surface area (Å²) in [7, 11) is 3.31. The number of ether oxygens (including phenoxy) is 2. The Morgan fingerprint density at radius 2 is 1.97 bits per heavy atom. The van der Waals surface area contributed by atoms with Gasteiger partial charge in [-0.15, -0.1) is 0 Å². The van der Waals surface area contributed by atoms with E-state index in [4.69, 9.17) is 14.0 Å². The fourth-order valence-electron chi connectivity index (χ4n) is 2.56. The van der Waals surface area contributed by atoms with Crippen molar-refractivity contribution in [3.05, 3.63) is 65.8 Å². The molecule has 3 rings (SSSR count). The molecule has 8 nitrogen and oxygen atoms in total. The van der Waals surface area contributed by atoms with Gasteiger partial charge in [0.25, 0.3) is 5.89 Å². The highest BCUT2D eigenvalue weighted by atomic mass is 16.5. The smallest absolute Gasteiger partial charge is 0.321 e. The Morgan fingerprint density at radius 1 is 1.17 bits per heavy atom. The second-order valence-electron chi connectivity index (χ2n) is 6.54. The molecule has 0 atom stereocenters. The summed E-state index contributed by atoms with van der Waals surface area (Å²) >= 11 is 0. The molecular formula is C21H24N4O4. The number of amides is 2. The van der Waals surface area contributed by atoms with E-state index in [0.717, 1.165) is 17.1 Å². The lowest BCUT2D eigenvalue weighted by Gasteiger charge is -2.17. The molecule has 3 aromatic rings. The zero-order chi connectivity index (χ0) is 20.6. The Balaban J connectivity index is 1.44. The van der Waals surface area contributed by atoms with Crippen molar-refractivity contribution in [3.8, 4) is 11.5 Å². The molecule has 0 bridgehead atoms. The van der Waals surface area contributed by atoms with Crippen LogP contribution >= 0.6 is 0 Å². The first-order valence-electron chi connectivity index (χ1n) is 9.20. The van der Waals surface area contributed by atoms with E-state index in [2.05, 4.69) is 15.5 Å². The maximum atomic E-state index is 12.3. The van der Waals surface area contributed by atoms with Gasteiger partial charge >= 0.3 is 6.03 Å². The van der Waals surface area contributed by atoms with Crippen molar-refractivity contribution in [3.63, 3.8) is 0 Å². The maximum Gasteiger partial charge on any atom is 0.321 e. The van der Waals surface area contributed by atoms with Gasteiger partial charge < -0.3 is 24.2 Å². The first kappa shape index (κ1) is 20.2. The van der Waals surface area contributed by atoms with Crippen molar-refractivity contribution < 1.29 is 18.8 Å². The molecule has 0 aliphatic carbocycles. The second-order valence-corrected chi connectivity index (χ2v) is 6.54. The van der Waals surface area contributed by atoms with Crippen LogP contribution in [-0.2, 0) is 13.0 Å². The molecule has 8 heteroatoms. The molecular weight excluding hydrogens is 372 g/mol. The van der Waals surface area contributed by atoms with E-state index in [1.165, 1.54) is 0 Å². The molecule has 29 heavy (non-hydrogen) atoms. The number of aromatic nitrogens is 2. The monoisotopic (exact) mass is 396 g/mol. The number of benzene rings is 2. The average molecular weight is 396 g/mol. The quantitative estimate of drug-likeness (QED) is 0.625. The van der Waals surface area contributed by atoms with Gasteiger partial charge in [0.2, 0.25) is 0 Å². The van der Waals surface area contributed by atoms with E-state index >= 15 is 0 Å². The number of hydrogen-bond acceptors (Lipinski definition) is 6. The Kier molecular flexibility index (Phi) is 6.67. The molecule has 0 radical (unpaired) electrons. The maximum absolute atomic E-state index is 12.3. The van der Waals surface area contributed by atoms with Crippen molar-refractivity contribution in [2.75, 3.05) is 26.0 Å². The van der Waals surface area contributed by atoms with Crippen LogP contribution in [0.15, 0.2) is 53.1 Å². The number of carbonyl (C=O) groups excluding carboxylic acids is 1. The Labute approximate surface area is 169 Å². The van der Waals surface area contributed by atoms with Gasteiger partial charge in [0.05, 0.1) is 7.11 Å². The van der Waals surface area contributed by atoms with Gasteiger partial charge in [0, 0.05) is 25.7 Å². The number of urea groups is 1. The van der Waals surface area contributed by atoms with Crippen molar-refractivity contribution in [1.29, 1.82) is 0 Å². The summed E-state index contributed by atoms with van der Waals surface area (Å²) in [4.78, 5) is 18.1. The van der Waals surface area contributed by atoms with Gasteiger partial charge in [-0.2, -0.15) is 4.98 Å². The minimum absolute atomic E-state index is 0.199. The number of carbonyl (C=O) groups is 1. The SMILES string of the molecule is COc1ccc(NC(=O)N(C)CCc2noc(COc3cccc(C)c3)n2)cc1. The molecule has 0 saturated carbocycles. The van der Waals surface area contributed by atoms with Gasteiger partial charge in [-0.25, -0.2) is 4.79 Å². The molecule has 0 aliphatic rings. The largest absolute Gasteiger partial charge is 0.497 e. The van der Waals surface area contributed by atoms with Gasteiger partial charge in [0.1, 0.15) is 11.5 Å². The van der Waals surface area contributed by atoms with Crippen LogP contribution in [0, 0.1) is 6.92 Å². The van der Waals surface area contributed by atoms with Crippen molar-refractivity contribution >= 4 is 11.7 Å². The summed E-state index contributed by atoms with van der Waals surface area (Å²) in [5.41, 5.74) is 1.81. The average Bonchev–Trinajstić information content (AvgIpc) is 3.19. The topological polar surface area (TPSA) is 89.7 Å². The summed E-state index contributed by atoms with van der Waals surface area (Å²) < 4.78 is 16.0. The fraction of sp³-hybridized carbons (Fsp3) is 0.286. The normalized spacial score (nSPS) is 10.4. The molecule has 0 saturated heterocycles. The van der Waals surface area contributed by atoms with Crippen LogP contribution < -0.4 is 14.8 Å². The predicted octanol–water partition coefficient (Wildman–Crippen LogP) is 3.67. The summed E-state index contributed by atoms with van der Waals surface area (Å²) in [6.07, 6.45) is 0.473. The molecule has 1 aromatic heterocycles. The number of nitrogens with zero attached hydrogens (tertiary/aromatic N) is 3. The van der Waals surface area contributed by atoms with Crippen LogP contribution in [0.3, 0.4) is 0 Å². The predicted molar refractivity (Wildman–Crippen MR) is 108 cm³/mol. The van der Waals surface area contributed by atoms with Crippen LogP contribution in [0.2, 0.25) is 0 Å². The minimum Gasteiger partial charge on any atom is -0.497 e. The van der Waals surface area contributed by atoms with Gasteiger partial charge in [-0.05, 0) is 48.9 Å². The van der Waals surface area contributed by atoms with Crippen molar-refractivity contribution in [1.82, 2.24) is 15.0 Å². The summed E-state index contributed by atoms with van der Waals surface area (Å²) in [5.74, 6) is 2.40. The minimum atomic E-state index is -0.221. The molecule has 2 aromatic carbocycles. The fourth-order valence-corrected chi connectivity index (χ4v) is 2.56. The van der Waals surface area contributed by atoms with E-state index in [1.807, 2.05) is 31.2 Å². The number of nitrogens with one attached hydrogen (secondary N) is 1. The van der Waals surface area contributed by atoms with E-state index in [9.17, 15) is 4.79 Å². The highest BCUT2D eigenvalue weighted by molar-refractivity contribution is 5.89. The Hall–Kier alpha value is -3.55. The highest BCUT2D eigenvalue weighted by Gasteiger charge is 2.12. The summed E-state index contributed by atoms with van der Waals surface area (Å²) in [6.45, 7) is 2.64. The number of likely N-dealkylation sites (N-methyl/N-ethyl adjacent to an activating group) is 1. The van der Waals surface area contributed by atoms with Gasteiger partial charge in [-0.1, -0.05) is 17.3 Å². The van der Waals surface area contributed by atoms with Crippen LogP contribution in [0.4, 0.5) is 10.5 Å². The van der Waals surface area contributed by atoms with Crippen LogP contribution in [0.1, 0.15) is 17.3 Å². The summed E-state index contributed by atoms with van der Waals surface area (Å²) in [5, 5.41) is 6.77. The van der Waals surface area contributed by atoms with E-state index in [1.54, 1.807) is 43.3 Å².